The molecule has 0 aliphatic rings. The molecule has 2 unspecified atom stereocenters. The standard InChI is InChI=1S/C16H28N2O/c1-7-16(3,4)18(5)15(12(2)17)13-10-8-9-11-14(13)19-6/h8-12,15H,7,17H2,1-6H3. The van der Waals surface area contributed by atoms with E-state index in [1.807, 2.05) is 18.2 Å². The first kappa shape index (κ1) is 16.0. The molecule has 1 aromatic carbocycles. The van der Waals surface area contributed by atoms with Crippen LogP contribution in [0.3, 0.4) is 0 Å². The van der Waals surface area contributed by atoms with Crippen molar-refractivity contribution < 1.29 is 4.74 Å². The molecule has 1 rings (SSSR count). The third-order valence-electron chi connectivity index (χ3n) is 4.19. The van der Waals surface area contributed by atoms with E-state index >= 15 is 0 Å². The van der Waals surface area contributed by atoms with Crippen LogP contribution in [0, 0.1) is 0 Å². The number of ether oxygens (including phenoxy) is 1. The number of para-hydroxylation sites is 1. The molecule has 0 aromatic heterocycles. The number of benzene rings is 1. The van der Waals surface area contributed by atoms with Gasteiger partial charge < -0.3 is 10.5 Å². The zero-order chi connectivity index (χ0) is 14.6. The van der Waals surface area contributed by atoms with Crippen LogP contribution in [0.5, 0.6) is 5.75 Å². The van der Waals surface area contributed by atoms with Gasteiger partial charge in [-0.1, -0.05) is 25.1 Å². The first-order valence-corrected chi connectivity index (χ1v) is 6.96. The van der Waals surface area contributed by atoms with E-state index in [2.05, 4.69) is 45.7 Å². The van der Waals surface area contributed by atoms with Gasteiger partial charge in [-0.25, -0.2) is 0 Å². The Balaban J connectivity index is 3.21. The maximum Gasteiger partial charge on any atom is 0.123 e. The summed E-state index contributed by atoms with van der Waals surface area (Å²) in [5.74, 6) is 0.906. The van der Waals surface area contributed by atoms with E-state index in [9.17, 15) is 0 Å². The first-order valence-electron chi connectivity index (χ1n) is 6.96. The van der Waals surface area contributed by atoms with E-state index in [1.54, 1.807) is 7.11 Å². The van der Waals surface area contributed by atoms with Crippen molar-refractivity contribution >= 4 is 0 Å². The van der Waals surface area contributed by atoms with E-state index < -0.39 is 0 Å². The Morgan fingerprint density at radius 1 is 1.32 bits per heavy atom. The number of likely N-dealkylation sites (N-methyl/N-ethyl adjacent to an activating group) is 1. The molecule has 0 amide bonds. The second-order valence-corrected chi connectivity index (χ2v) is 5.82. The lowest BCUT2D eigenvalue weighted by Crippen LogP contribution is -2.48. The van der Waals surface area contributed by atoms with E-state index in [0.717, 1.165) is 17.7 Å². The summed E-state index contributed by atoms with van der Waals surface area (Å²) in [5, 5.41) is 0. The van der Waals surface area contributed by atoms with Gasteiger partial charge >= 0.3 is 0 Å². The van der Waals surface area contributed by atoms with Crippen molar-refractivity contribution in [2.75, 3.05) is 14.2 Å². The maximum absolute atomic E-state index is 6.25. The molecule has 0 aliphatic heterocycles. The highest BCUT2D eigenvalue weighted by Crippen LogP contribution is 2.35. The summed E-state index contributed by atoms with van der Waals surface area (Å²) in [4.78, 5) is 2.36. The fourth-order valence-electron chi connectivity index (χ4n) is 2.38. The summed E-state index contributed by atoms with van der Waals surface area (Å²) in [5.41, 5.74) is 7.50. The van der Waals surface area contributed by atoms with Crippen molar-refractivity contribution in [3.05, 3.63) is 29.8 Å². The average molecular weight is 264 g/mol. The van der Waals surface area contributed by atoms with Crippen molar-refractivity contribution in [3.8, 4) is 5.75 Å². The van der Waals surface area contributed by atoms with Crippen LogP contribution < -0.4 is 10.5 Å². The number of rotatable bonds is 6. The van der Waals surface area contributed by atoms with Crippen molar-refractivity contribution in [2.24, 2.45) is 5.73 Å². The molecule has 0 spiro atoms. The van der Waals surface area contributed by atoms with Gasteiger partial charge in [0.15, 0.2) is 0 Å². The molecular formula is C16H28N2O. The predicted octanol–water partition coefficient (Wildman–Crippen LogP) is 3.20. The Morgan fingerprint density at radius 3 is 2.37 bits per heavy atom. The number of nitrogens with zero attached hydrogens (tertiary/aromatic N) is 1. The van der Waals surface area contributed by atoms with Gasteiger partial charge in [0.25, 0.3) is 0 Å². The van der Waals surface area contributed by atoms with Crippen molar-refractivity contribution in [2.45, 2.75) is 51.7 Å². The van der Waals surface area contributed by atoms with E-state index in [0.29, 0.717) is 0 Å². The average Bonchev–Trinajstić information content (AvgIpc) is 2.39. The predicted molar refractivity (Wildman–Crippen MR) is 81.5 cm³/mol. The monoisotopic (exact) mass is 264 g/mol. The van der Waals surface area contributed by atoms with Gasteiger partial charge in [0.2, 0.25) is 0 Å². The van der Waals surface area contributed by atoms with Crippen LogP contribution in [0.2, 0.25) is 0 Å². The summed E-state index contributed by atoms with van der Waals surface area (Å²) in [6.07, 6.45) is 1.07. The van der Waals surface area contributed by atoms with Crippen molar-refractivity contribution in [1.82, 2.24) is 4.90 Å². The summed E-state index contributed by atoms with van der Waals surface area (Å²) in [6, 6.07) is 8.32. The van der Waals surface area contributed by atoms with Gasteiger partial charge in [0, 0.05) is 17.1 Å². The van der Waals surface area contributed by atoms with E-state index in [1.165, 1.54) is 0 Å². The molecule has 3 nitrogen and oxygen atoms in total. The molecule has 0 fully saturated rings. The largest absolute Gasteiger partial charge is 0.496 e. The summed E-state index contributed by atoms with van der Waals surface area (Å²) < 4.78 is 5.49. The smallest absolute Gasteiger partial charge is 0.123 e. The van der Waals surface area contributed by atoms with E-state index in [-0.39, 0.29) is 17.6 Å². The molecule has 2 atom stereocenters. The van der Waals surface area contributed by atoms with Gasteiger partial charge in [-0.3, -0.25) is 4.90 Å². The van der Waals surface area contributed by atoms with Gasteiger partial charge in [0.05, 0.1) is 13.2 Å². The zero-order valence-corrected chi connectivity index (χ0v) is 13.1. The minimum Gasteiger partial charge on any atom is -0.496 e. The Hall–Kier alpha value is -1.06. The summed E-state index contributed by atoms with van der Waals surface area (Å²) >= 11 is 0. The molecular weight excluding hydrogens is 236 g/mol. The zero-order valence-electron chi connectivity index (χ0n) is 13.1. The van der Waals surface area contributed by atoms with Crippen molar-refractivity contribution in [1.29, 1.82) is 0 Å². The molecule has 0 saturated heterocycles. The minimum absolute atomic E-state index is 0.0344. The van der Waals surface area contributed by atoms with E-state index in [4.69, 9.17) is 10.5 Å². The summed E-state index contributed by atoms with van der Waals surface area (Å²) in [7, 11) is 3.85. The molecule has 0 heterocycles. The Morgan fingerprint density at radius 2 is 1.89 bits per heavy atom. The topological polar surface area (TPSA) is 38.5 Å². The normalized spacial score (nSPS) is 15.4. The van der Waals surface area contributed by atoms with Gasteiger partial charge in [-0.05, 0) is 40.3 Å². The SMILES string of the molecule is CCC(C)(C)N(C)C(c1ccccc1OC)C(C)N. The quantitative estimate of drug-likeness (QED) is 0.857. The highest BCUT2D eigenvalue weighted by molar-refractivity contribution is 5.37. The first-order chi connectivity index (χ1) is 8.85. The molecule has 108 valence electrons. The number of nitrogens with two attached hydrogens (primary N) is 1. The number of hydrogen-bond acceptors (Lipinski definition) is 3. The number of hydrogen-bond donors (Lipinski definition) is 1. The molecule has 0 saturated carbocycles. The van der Waals surface area contributed by atoms with Gasteiger partial charge in [-0.15, -0.1) is 0 Å². The lowest BCUT2D eigenvalue weighted by molar-refractivity contribution is 0.0832. The second kappa shape index (κ2) is 6.40. The van der Waals surface area contributed by atoms with Crippen LogP contribution in [0.25, 0.3) is 0 Å². The van der Waals surface area contributed by atoms with Crippen molar-refractivity contribution in [3.63, 3.8) is 0 Å². The van der Waals surface area contributed by atoms with Crippen LogP contribution >= 0.6 is 0 Å². The highest BCUT2D eigenvalue weighted by atomic mass is 16.5. The summed E-state index contributed by atoms with van der Waals surface area (Å²) in [6.45, 7) is 8.76. The molecule has 19 heavy (non-hydrogen) atoms. The molecule has 3 heteroatoms. The molecule has 1 aromatic rings. The maximum atomic E-state index is 6.25. The molecule has 0 radical (unpaired) electrons. The van der Waals surface area contributed by atoms with Crippen LogP contribution in [-0.2, 0) is 0 Å². The van der Waals surface area contributed by atoms with Crippen LogP contribution in [0.4, 0.5) is 0 Å². The minimum atomic E-state index is 0.0344. The van der Waals surface area contributed by atoms with Gasteiger partial charge in [-0.2, -0.15) is 0 Å². The number of methoxy groups -OCH3 is 1. The highest BCUT2D eigenvalue weighted by Gasteiger charge is 2.32. The molecule has 0 aliphatic carbocycles. The van der Waals surface area contributed by atoms with Crippen LogP contribution in [0.15, 0.2) is 24.3 Å². The molecule has 2 N–H and O–H groups in total. The lowest BCUT2D eigenvalue weighted by Gasteiger charge is -2.43. The fourth-order valence-corrected chi connectivity index (χ4v) is 2.38. The van der Waals surface area contributed by atoms with Crippen LogP contribution in [-0.4, -0.2) is 30.6 Å². The van der Waals surface area contributed by atoms with Crippen LogP contribution in [0.1, 0.15) is 45.7 Å². The third kappa shape index (κ3) is 3.48. The third-order valence-corrected chi connectivity index (χ3v) is 4.19. The molecule has 0 bridgehead atoms. The Labute approximate surface area is 117 Å². The fraction of sp³-hybridized carbons (Fsp3) is 0.625. The Kier molecular flexibility index (Phi) is 5.39. The lowest BCUT2D eigenvalue weighted by atomic mass is 9.91. The van der Waals surface area contributed by atoms with Gasteiger partial charge in [0.1, 0.15) is 5.75 Å². The Bertz CT molecular complexity index is 401. The second-order valence-electron chi connectivity index (χ2n) is 5.82.